The minimum absolute atomic E-state index is 0.0480. The molecule has 0 fully saturated rings. The first kappa shape index (κ1) is 33.3. The number of aryl methyl sites for hydroxylation is 2. The molecule has 2 atom stereocenters. The van der Waals surface area contributed by atoms with E-state index >= 15 is 4.39 Å². The van der Waals surface area contributed by atoms with Crippen molar-refractivity contribution in [2.75, 3.05) is 19.6 Å². The molecule has 10 nitrogen and oxygen atoms in total. The van der Waals surface area contributed by atoms with Crippen molar-refractivity contribution >= 4 is 28.5 Å². The highest BCUT2D eigenvalue weighted by molar-refractivity contribution is 6.31. The molecule has 0 saturated heterocycles. The third-order valence-corrected chi connectivity index (χ3v) is 7.83. The lowest BCUT2D eigenvalue weighted by molar-refractivity contribution is 0.478. The monoisotopic (exact) mass is 623 g/mol. The number of aromatic nitrogens is 4. The van der Waals surface area contributed by atoms with Gasteiger partial charge in [0.05, 0.1) is 34.8 Å². The number of nitrogens with zero attached hydrogens (tertiary/aromatic N) is 4. The molecule has 0 aliphatic heterocycles. The number of benzene rings is 1. The smallest absolute Gasteiger partial charge is 0.354 e. The van der Waals surface area contributed by atoms with E-state index in [0.29, 0.717) is 40.4 Å². The van der Waals surface area contributed by atoms with E-state index in [0.717, 1.165) is 61.9 Å². The first-order chi connectivity index (χ1) is 21.1. The molecule has 8 N–H and O–H groups in total. The van der Waals surface area contributed by atoms with E-state index in [4.69, 9.17) is 33.8 Å². The van der Waals surface area contributed by atoms with Crippen molar-refractivity contribution in [2.24, 2.45) is 22.2 Å². The summed E-state index contributed by atoms with van der Waals surface area (Å²) >= 11 is 6.26. The van der Waals surface area contributed by atoms with E-state index in [2.05, 4.69) is 27.2 Å². The van der Waals surface area contributed by atoms with Gasteiger partial charge in [0, 0.05) is 35.8 Å². The lowest BCUT2D eigenvalue weighted by atomic mass is 10.0. The van der Waals surface area contributed by atoms with E-state index in [1.54, 1.807) is 30.6 Å². The van der Waals surface area contributed by atoms with E-state index < -0.39 is 11.5 Å². The highest BCUT2D eigenvalue weighted by Crippen LogP contribution is 2.31. The number of hydrogen-bond donors (Lipinski definition) is 5. The predicted molar refractivity (Wildman–Crippen MR) is 177 cm³/mol. The van der Waals surface area contributed by atoms with E-state index in [9.17, 15) is 4.79 Å². The van der Waals surface area contributed by atoms with Gasteiger partial charge in [0.2, 0.25) is 0 Å². The molecule has 2 unspecified atom stereocenters. The van der Waals surface area contributed by atoms with Crippen LogP contribution in [0.5, 0.6) is 0 Å². The number of amidine groups is 1. The van der Waals surface area contributed by atoms with Gasteiger partial charge in [-0.2, -0.15) is 4.98 Å². The second-order valence-corrected chi connectivity index (χ2v) is 11.7. The topological polar surface area (TPSA) is 166 Å². The van der Waals surface area contributed by atoms with Crippen LogP contribution in [0.1, 0.15) is 68.8 Å². The maximum atomic E-state index is 15.1. The van der Waals surface area contributed by atoms with Crippen molar-refractivity contribution in [3.63, 3.8) is 0 Å². The molecule has 4 rings (SSSR count). The van der Waals surface area contributed by atoms with Gasteiger partial charge in [0.1, 0.15) is 11.5 Å². The van der Waals surface area contributed by atoms with E-state index in [-0.39, 0.29) is 23.7 Å². The molecule has 0 saturated carbocycles. The van der Waals surface area contributed by atoms with E-state index in [1.807, 2.05) is 19.9 Å². The number of nitrogens with two attached hydrogens (primary N) is 3. The summed E-state index contributed by atoms with van der Waals surface area (Å²) < 4.78 is 16.6. The Morgan fingerprint density at radius 2 is 2.02 bits per heavy atom. The van der Waals surface area contributed by atoms with Crippen LogP contribution in [-0.4, -0.2) is 51.0 Å². The number of hydrogen-bond acceptors (Lipinski definition) is 7. The number of pyridine rings is 1. The summed E-state index contributed by atoms with van der Waals surface area (Å²) in [6, 6.07) is 7.31. The Bertz CT molecular complexity index is 1660. The van der Waals surface area contributed by atoms with Crippen molar-refractivity contribution < 1.29 is 4.39 Å². The molecule has 3 aromatic heterocycles. The van der Waals surface area contributed by atoms with Gasteiger partial charge >= 0.3 is 5.69 Å². The summed E-state index contributed by atoms with van der Waals surface area (Å²) in [7, 11) is 0. The molecule has 4 aromatic rings. The molecule has 0 aliphatic rings. The normalized spacial score (nSPS) is 13.5. The quantitative estimate of drug-likeness (QED) is 0.0728. The number of aromatic amines is 1. The van der Waals surface area contributed by atoms with Gasteiger partial charge in [-0.3, -0.25) is 14.5 Å². The lowest BCUT2D eigenvalue weighted by Gasteiger charge is -2.20. The van der Waals surface area contributed by atoms with E-state index in [1.165, 1.54) is 4.57 Å². The van der Waals surface area contributed by atoms with Gasteiger partial charge < -0.3 is 27.5 Å². The van der Waals surface area contributed by atoms with Crippen LogP contribution in [0.25, 0.3) is 28.0 Å². The Morgan fingerprint density at radius 1 is 1.23 bits per heavy atom. The van der Waals surface area contributed by atoms with Gasteiger partial charge in [0.25, 0.3) is 0 Å². The summed E-state index contributed by atoms with van der Waals surface area (Å²) in [4.78, 5) is 29.4. The Hall–Kier alpha value is -3.64. The van der Waals surface area contributed by atoms with Gasteiger partial charge in [-0.15, -0.1) is 0 Å². The standard InChI is InChI=1S/C32H43ClFN9O/c1-4-7-26(38-10-6-11-39-28(37)16-35)30-19(2)12-23(17-40-30)43-18-22-15-27(41-31(22)42-32(43)44)24-13-21(9-5-8-20(3)36)14-25(33)29(24)34/h12-15,17-18,20,26,38H,4-11,16,35-36H2,1-3H3,(H2,37,39)(H,41,42,44). The first-order valence-corrected chi connectivity index (χ1v) is 15.5. The Labute approximate surface area is 262 Å². The Balaban J connectivity index is 1.58. The fraction of sp³-hybridized carbons (Fsp3) is 0.438. The second-order valence-electron chi connectivity index (χ2n) is 11.3. The zero-order chi connectivity index (χ0) is 31.8. The maximum Gasteiger partial charge on any atom is 0.354 e. The zero-order valence-electron chi connectivity index (χ0n) is 25.7. The molecule has 0 aliphatic carbocycles. The van der Waals surface area contributed by atoms with Crippen LogP contribution < -0.4 is 28.2 Å². The summed E-state index contributed by atoms with van der Waals surface area (Å²) in [5, 5.41) is 4.28. The first-order valence-electron chi connectivity index (χ1n) is 15.2. The van der Waals surface area contributed by atoms with Crippen molar-refractivity contribution in [2.45, 2.75) is 71.4 Å². The van der Waals surface area contributed by atoms with Gasteiger partial charge in [-0.1, -0.05) is 24.9 Å². The molecular weight excluding hydrogens is 581 g/mol. The second kappa shape index (κ2) is 15.4. The molecule has 0 spiro atoms. The summed E-state index contributed by atoms with van der Waals surface area (Å²) in [6.07, 6.45) is 8.56. The van der Waals surface area contributed by atoms with Crippen LogP contribution in [-0.2, 0) is 6.42 Å². The number of aliphatic imine (C=N–C) groups is 1. The van der Waals surface area contributed by atoms with Crippen LogP contribution in [0.2, 0.25) is 5.02 Å². The molecule has 1 aromatic carbocycles. The number of fused-ring (bicyclic) bond motifs is 1. The van der Waals surface area contributed by atoms with Crippen LogP contribution in [0.15, 0.2) is 46.4 Å². The number of halogens is 2. The summed E-state index contributed by atoms with van der Waals surface area (Å²) in [5.74, 6) is -0.0704. The highest BCUT2D eigenvalue weighted by atomic mass is 35.5. The maximum absolute atomic E-state index is 15.1. The van der Waals surface area contributed by atoms with Crippen LogP contribution in [0, 0.1) is 12.7 Å². The molecule has 3 heterocycles. The molecular formula is C32H43ClFN9O. The molecule has 0 radical (unpaired) electrons. The van der Waals surface area contributed by atoms with Crippen LogP contribution in [0.4, 0.5) is 4.39 Å². The van der Waals surface area contributed by atoms with Crippen LogP contribution in [0.3, 0.4) is 0 Å². The van der Waals surface area contributed by atoms with Gasteiger partial charge in [-0.05, 0) is 87.9 Å². The van der Waals surface area contributed by atoms with Gasteiger partial charge in [-0.25, -0.2) is 9.18 Å². The van der Waals surface area contributed by atoms with Gasteiger partial charge in [0.15, 0.2) is 5.82 Å². The summed E-state index contributed by atoms with van der Waals surface area (Å²) in [6.45, 7) is 7.71. The molecule has 0 bridgehead atoms. The molecule has 236 valence electrons. The zero-order valence-corrected chi connectivity index (χ0v) is 26.4. The molecule has 0 amide bonds. The molecule has 44 heavy (non-hydrogen) atoms. The average molecular weight is 624 g/mol. The largest absolute Gasteiger partial charge is 0.386 e. The fourth-order valence-electron chi connectivity index (χ4n) is 5.27. The predicted octanol–water partition coefficient (Wildman–Crippen LogP) is 4.68. The third kappa shape index (κ3) is 8.29. The SMILES string of the molecule is CCCC(NCCCN=C(N)CN)c1ncc(-n2cc3cc(-c4cc(CCCC(C)N)cc(Cl)c4F)[nH]c3nc2=O)cc1C. The number of nitrogens with one attached hydrogen (secondary N) is 2. The minimum Gasteiger partial charge on any atom is -0.386 e. The molecule has 12 heteroatoms. The van der Waals surface area contributed by atoms with Crippen LogP contribution >= 0.6 is 11.6 Å². The number of rotatable bonds is 15. The van der Waals surface area contributed by atoms with Crippen molar-refractivity contribution in [1.82, 2.24) is 24.8 Å². The Kier molecular flexibility index (Phi) is 11.6. The highest BCUT2D eigenvalue weighted by Gasteiger charge is 2.18. The third-order valence-electron chi connectivity index (χ3n) is 7.55. The van der Waals surface area contributed by atoms with Crippen molar-refractivity contribution in [3.8, 4) is 16.9 Å². The number of H-pyrrole nitrogens is 1. The summed E-state index contributed by atoms with van der Waals surface area (Å²) in [5.41, 5.74) is 21.2. The average Bonchev–Trinajstić information content (AvgIpc) is 3.40. The lowest BCUT2D eigenvalue weighted by Crippen LogP contribution is -2.26. The van der Waals surface area contributed by atoms with Crippen molar-refractivity contribution in [1.29, 1.82) is 0 Å². The minimum atomic E-state index is -0.525. The van der Waals surface area contributed by atoms with Crippen molar-refractivity contribution in [3.05, 3.63) is 74.8 Å². The fourth-order valence-corrected chi connectivity index (χ4v) is 5.51. The Morgan fingerprint density at radius 3 is 2.73 bits per heavy atom.